The van der Waals surface area contributed by atoms with Crippen LogP contribution in [0.1, 0.15) is 15.2 Å². The normalized spacial score (nSPS) is 10.7. The van der Waals surface area contributed by atoms with Crippen LogP contribution in [0.2, 0.25) is 0 Å². The summed E-state index contributed by atoms with van der Waals surface area (Å²) in [6, 6.07) is 21.2. The van der Waals surface area contributed by atoms with E-state index in [0.717, 1.165) is 27.1 Å². The van der Waals surface area contributed by atoms with Gasteiger partial charge in [0.1, 0.15) is 5.75 Å². The van der Waals surface area contributed by atoms with Gasteiger partial charge in [0.2, 0.25) is 0 Å². The summed E-state index contributed by atoms with van der Waals surface area (Å²) in [4.78, 5) is 18.8. The number of benzene rings is 2. The first-order valence-electron chi connectivity index (χ1n) is 8.60. The van der Waals surface area contributed by atoms with Crippen molar-refractivity contribution in [1.29, 1.82) is 0 Å². The van der Waals surface area contributed by atoms with Gasteiger partial charge < -0.3 is 10.1 Å². The minimum Gasteiger partial charge on any atom is -0.496 e. The Hall–Kier alpha value is -3.18. The van der Waals surface area contributed by atoms with Crippen LogP contribution >= 0.6 is 11.3 Å². The highest BCUT2D eigenvalue weighted by Gasteiger charge is 2.15. The number of thiophene rings is 1. The smallest absolute Gasteiger partial charge is 0.252 e. The second kappa shape index (κ2) is 7.60. The molecule has 0 saturated carbocycles. The topological polar surface area (TPSA) is 51.2 Å². The third-order valence-corrected chi connectivity index (χ3v) is 5.22. The number of amides is 1. The summed E-state index contributed by atoms with van der Waals surface area (Å²) in [5.74, 6) is 0.614. The van der Waals surface area contributed by atoms with E-state index >= 15 is 0 Å². The average molecular weight is 374 g/mol. The van der Waals surface area contributed by atoms with Crippen molar-refractivity contribution < 1.29 is 9.53 Å². The molecule has 0 unspecified atom stereocenters. The van der Waals surface area contributed by atoms with Gasteiger partial charge in [0.05, 0.1) is 30.4 Å². The quantitative estimate of drug-likeness (QED) is 0.540. The molecule has 2 aromatic heterocycles. The molecular formula is C22H18N2O2S. The zero-order valence-electron chi connectivity index (χ0n) is 14.8. The van der Waals surface area contributed by atoms with Crippen LogP contribution in [-0.2, 0) is 6.54 Å². The minimum atomic E-state index is -0.113. The molecule has 4 nitrogen and oxygen atoms in total. The predicted octanol–water partition coefficient (Wildman–Crippen LogP) is 4.90. The summed E-state index contributed by atoms with van der Waals surface area (Å²) < 4.78 is 5.47. The molecule has 134 valence electrons. The molecule has 0 spiro atoms. The highest BCUT2D eigenvalue weighted by atomic mass is 32.1. The number of fused-ring (bicyclic) bond motifs is 1. The lowest BCUT2D eigenvalue weighted by Gasteiger charge is -2.12. The zero-order chi connectivity index (χ0) is 18.6. The van der Waals surface area contributed by atoms with Crippen LogP contribution in [0.3, 0.4) is 0 Å². The van der Waals surface area contributed by atoms with Crippen molar-refractivity contribution >= 4 is 28.1 Å². The van der Waals surface area contributed by atoms with Crippen LogP contribution in [0.5, 0.6) is 5.75 Å². The summed E-state index contributed by atoms with van der Waals surface area (Å²) in [7, 11) is 1.63. The molecular weight excluding hydrogens is 356 g/mol. The molecule has 1 N–H and O–H groups in total. The molecule has 0 atom stereocenters. The number of nitrogens with zero attached hydrogens (tertiary/aromatic N) is 1. The number of pyridine rings is 1. The molecule has 1 amide bonds. The third-order valence-electron chi connectivity index (χ3n) is 4.35. The van der Waals surface area contributed by atoms with Crippen molar-refractivity contribution in [2.45, 2.75) is 6.54 Å². The molecule has 27 heavy (non-hydrogen) atoms. The number of para-hydroxylation sites is 2. The molecule has 0 radical (unpaired) electrons. The van der Waals surface area contributed by atoms with Gasteiger partial charge in [-0.05, 0) is 35.7 Å². The van der Waals surface area contributed by atoms with E-state index in [4.69, 9.17) is 9.72 Å². The number of carbonyl (C=O) groups is 1. The SMILES string of the molecule is COc1ccccc1-c1cc(C(=O)NCc2cccs2)c2ccccc2n1. The zero-order valence-corrected chi connectivity index (χ0v) is 15.6. The van der Waals surface area contributed by atoms with Crippen LogP contribution < -0.4 is 10.1 Å². The molecule has 0 bridgehead atoms. The van der Waals surface area contributed by atoms with Gasteiger partial charge >= 0.3 is 0 Å². The molecule has 4 aromatic rings. The van der Waals surface area contributed by atoms with Crippen LogP contribution in [0, 0.1) is 0 Å². The van der Waals surface area contributed by atoms with Gasteiger partial charge in [-0.15, -0.1) is 11.3 Å². The Balaban J connectivity index is 1.78. The van der Waals surface area contributed by atoms with Gasteiger partial charge in [-0.1, -0.05) is 36.4 Å². The van der Waals surface area contributed by atoms with Gasteiger partial charge in [-0.3, -0.25) is 4.79 Å². The minimum absolute atomic E-state index is 0.113. The van der Waals surface area contributed by atoms with Crippen molar-refractivity contribution in [2.75, 3.05) is 7.11 Å². The first-order valence-corrected chi connectivity index (χ1v) is 9.48. The van der Waals surface area contributed by atoms with Crippen LogP contribution in [0.15, 0.2) is 72.1 Å². The number of nitrogens with one attached hydrogen (secondary N) is 1. The summed E-state index contributed by atoms with van der Waals surface area (Å²) in [5.41, 5.74) is 2.96. The fourth-order valence-corrected chi connectivity index (χ4v) is 3.68. The largest absolute Gasteiger partial charge is 0.496 e. The number of hydrogen-bond acceptors (Lipinski definition) is 4. The molecule has 0 aliphatic rings. The van der Waals surface area contributed by atoms with Crippen LogP contribution in [0.25, 0.3) is 22.2 Å². The van der Waals surface area contributed by atoms with Crippen molar-refractivity contribution in [3.8, 4) is 17.0 Å². The van der Waals surface area contributed by atoms with E-state index in [1.807, 2.05) is 72.1 Å². The van der Waals surface area contributed by atoms with Gasteiger partial charge in [0.25, 0.3) is 5.91 Å². The number of methoxy groups -OCH3 is 1. The van der Waals surface area contributed by atoms with Gasteiger partial charge in [-0.25, -0.2) is 4.98 Å². The predicted molar refractivity (Wildman–Crippen MR) is 109 cm³/mol. The lowest BCUT2D eigenvalue weighted by molar-refractivity contribution is 0.0953. The average Bonchev–Trinajstić information content (AvgIpc) is 3.25. The number of aromatic nitrogens is 1. The highest BCUT2D eigenvalue weighted by Crippen LogP contribution is 2.31. The maximum absolute atomic E-state index is 12.9. The van der Waals surface area contributed by atoms with E-state index in [2.05, 4.69) is 5.32 Å². The van der Waals surface area contributed by atoms with Crippen molar-refractivity contribution in [3.63, 3.8) is 0 Å². The maximum atomic E-state index is 12.9. The highest BCUT2D eigenvalue weighted by molar-refractivity contribution is 7.09. The van der Waals surface area contributed by atoms with E-state index in [1.165, 1.54) is 0 Å². The summed E-state index contributed by atoms with van der Waals surface area (Å²) >= 11 is 1.63. The van der Waals surface area contributed by atoms with Gasteiger partial charge in [-0.2, -0.15) is 0 Å². The molecule has 0 saturated heterocycles. The molecule has 2 aromatic carbocycles. The Bertz CT molecular complexity index is 1090. The molecule has 0 fully saturated rings. The fourth-order valence-electron chi connectivity index (χ4n) is 3.03. The van der Waals surface area contributed by atoms with Gasteiger partial charge in [0.15, 0.2) is 0 Å². The number of ether oxygens (including phenoxy) is 1. The first kappa shape index (κ1) is 17.2. The van der Waals surface area contributed by atoms with Crippen molar-refractivity contribution in [1.82, 2.24) is 10.3 Å². The van der Waals surface area contributed by atoms with Crippen molar-refractivity contribution in [2.24, 2.45) is 0 Å². The first-order chi connectivity index (χ1) is 13.3. The summed E-state index contributed by atoms with van der Waals surface area (Å²) in [5, 5.41) is 5.85. The lowest BCUT2D eigenvalue weighted by Crippen LogP contribution is -2.22. The standard InChI is InChI=1S/C22H18N2O2S/c1-26-21-11-5-3-9-17(21)20-13-18(16-8-2-4-10-19(16)24-20)22(25)23-14-15-7-6-12-27-15/h2-13H,14H2,1H3,(H,23,25). The van der Waals surface area contributed by atoms with E-state index in [1.54, 1.807) is 18.4 Å². The van der Waals surface area contributed by atoms with Crippen LogP contribution in [-0.4, -0.2) is 18.0 Å². The second-order valence-corrected chi connectivity index (χ2v) is 7.07. The van der Waals surface area contributed by atoms with E-state index < -0.39 is 0 Å². The molecule has 0 aliphatic heterocycles. The summed E-state index contributed by atoms with van der Waals surface area (Å²) in [6.07, 6.45) is 0. The van der Waals surface area contributed by atoms with Gasteiger partial charge in [0, 0.05) is 15.8 Å². The monoisotopic (exact) mass is 374 g/mol. The van der Waals surface area contributed by atoms with E-state index in [0.29, 0.717) is 17.8 Å². The van der Waals surface area contributed by atoms with E-state index in [9.17, 15) is 4.79 Å². The Labute approximate surface area is 161 Å². The Kier molecular flexibility index (Phi) is 4.85. The maximum Gasteiger partial charge on any atom is 0.252 e. The summed E-state index contributed by atoms with van der Waals surface area (Å²) in [6.45, 7) is 0.511. The van der Waals surface area contributed by atoms with Crippen LogP contribution in [0.4, 0.5) is 0 Å². The number of carbonyl (C=O) groups excluding carboxylic acids is 1. The van der Waals surface area contributed by atoms with E-state index in [-0.39, 0.29) is 5.91 Å². The third kappa shape index (κ3) is 3.55. The molecule has 0 aliphatic carbocycles. The second-order valence-electron chi connectivity index (χ2n) is 6.03. The fraction of sp³-hybridized carbons (Fsp3) is 0.0909. The molecule has 5 heteroatoms. The molecule has 4 rings (SSSR count). The van der Waals surface area contributed by atoms with Crippen molar-refractivity contribution in [3.05, 3.63) is 82.6 Å². The number of hydrogen-bond donors (Lipinski definition) is 1. The molecule has 2 heterocycles. The Morgan fingerprint density at radius 3 is 2.70 bits per heavy atom. The Morgan fingerprint density at radius 1 is 1.07 bits per heavy atom. The number of rotatable bonds is 5. The Morgan fingerprint density at radius 2 is 1.89 bits per heavy atom. The lowest BCUT2D eigenvalue weighted by atomic mass is 10.0.